The van der Waals surface area contributed by atoms with Crippen LogP contribution in [0.3, 0.4) is 0 Å². The lowest BCUT2D eigenvalue weighted by molar-refractivity contribution is -0.136. The minimum Gasteiger partial charge on any atom is -0.483 e. The first-order chi connectivity index (χ1) is 16.1. The van der Waals surface area contributed by atoms with E-state index in [1.165, 1.54) is 0 Å². The number of nitrogens with one attached hydrogen (secondary N) is 1. The Morgan fingerprint density at radius 2 is 1.94 bits per heavy atom. The zero-order valence-corrected chi connectivity index (χ0v) is 18.6. The molecule has 1 fully saturated rings. The lowest BCUT2D eigenvalue weighted by atomic mass is 9.91. The molecule has 0 radical (unpaired) electrons. The van der Waals surface area contributed by atoms with E-state index in [2.05, 4.69) is 27.6 Å². The van der Waals surface area contributed by atoms with Crippen molar-refractivity contribution in [3.63, 3.8) is 0 Å². The standard InChI is InChI=1S/C25H27N5O3/c1-29-21-10-6-14-30(25(32)18-12-13-19-20(15-18)27-28-26-19)22(21)9-4-2-7-17-8-3-5-11-23(17)33-16-24(29)31/h2-5,8,11-13,15,21-22H,6-7,9-10,14,16H2,1H3,(H,26,27,28)/b4-2+/t21-,22-/m1/s1. The maximum absolute atomic E-state index is 13.6. The Balaban J connectivity index is 1.45. The SMILES string of the molecule is CN1C(=O)COc2ccccc2C/C=C/C[C@@H]2[C@H]1CCCN2C(=O)c1ccc2n[nH]nc2c1. The number of carbonyl (C=O) groups excluding carboxylic acids is 2. The van der Waals surface area contributed by atoms with E-state index in [0.717, 1.165) is 29.7 Å². The van der Waals surface area contributed by atoms with Crippen LogP contribution in [-0.4, -0.2) is 69.3 Å². The number of aromatic nitrogens is 3. The molecule has 8 nitrogen and oxygen atoms in total. The van der Waals surface area contributed by atoms with Gasteiger partial charge in [0, 0.05) is 19.2 Å². The van der Waals surface area contributed by atoms with Crippen molar-refractivity contribution in [2.24, 2.45) is 0 Å². The number of hydrogen-bond acceptors (Lipinski definition) is 5. The summed E-state index contributed by atoms with van der Waals surface area (Å²) in [5.41, 5.74) is 3.01. The van der Waals surface area contributed by atoms with E-state index >= 15 is 0 Å². The molecule has 0 unspecified atom stereocenters. The third kappa shape index (κ3) is 4.20. The van der Waals surface area contributed by atoms with Gasteiger partial charge in [0.2, 0.25) is 0 Å². The first-order valence-corrected chi connectivity index (χ1v) is 11.3. The summed E-state index contributed by atoms with van der Waals surface area (Å²) < 4.78 is 5.88. The number of aromatic amines is 1. The third-order valence-corrected chi connectivity index (χ3v) is 6.66. The van der Waals surface area contributed by atoms with Gasteiger partial charge in [0.1, 0.15) is 16.8 Å². The fourth-order valence-corrected chi connectivity index (χ4v) is 4.85. The minimum atomic E-state index is -0.112. The summed E-state index contributed by atoms with van der Waals surface area (Å²) in [6.07, 6.45) is 7.34. The number of ether oxygens (including phenoxy) is 1. The van der Waals surface area contributed by atoms with Crippen molar-refractivity contribution in [3.05, 3.63) is 65.7 Å². The monoisotopic (exact) mass is 445 g/mol. The Bertz CT molecular complexity index is 1200. The summed E-state index contributed by atoms with van der Waals surface area (Å²) in [6.45, 7) is 0.642. The van der Waals surface area contributed by atoms with Crippen LogP contribution >= 0.6 is 0 Å². The lowest BCUT2D eigenvalue weighted by Gasteiger charge is -2.45. The Hall–Kier alpha value is -3.68. The summed E-state index contributed by atoms with van der Waals surface area (Å²) in [4.78, 5) is 30.3. The van der Waals surface area contributed by atoms with Crippen LogP contribution in [0.4, 0.5) is 0 Å². The zero-order chi connectivity index (χ0) is 22.8. The molecule has 0 spiro atoms. The number of likely N-dealkylation sites (tertiary alicyclic amines) is 1. The molecule has 2 atom stereocenters. The first kappa shape index (κ1) is 21.2. The molecule has 3 aromatic rings. The Morgan fingerprint density at radius 3 is 2.85 bits per heavy atom. The van der Waals surface area contributed by atoms with Crippen LogP contribution in [0.5, 0.6) is 5.75 Å². The predicted octanol–water partition coefficient (Wildman–Crippen LogP) is 2.97. The molecular weight excluding hydrogens is 418 g/mol. The number of rotatable bonds is 1. The molecule has 2 aliphatic heterocycles. The van der Waals surface area contributed by atoms with Gasteiger partial charge in [-0.1, -0.05) is 30.4 Å². The van der Waals surface area contributed by atoms with Crippen LogP contribution in [0.25, 0.3) is 11.0 Å². The van der Waals surface area contributed by atoms with Gasteiger partial charge in [0.25, 0.3) is 11.8 Å². The molecule has 0 saturated carbocycles. The highest BCUT2D eigenvalue weighted by atomic mass is 16.5. The van der Waals surface area contributed by atoms with Crippen LogP contribution in [0.1, 0.15) is 35.2 Å². The summed E-state index contributed by atoms with van der Waals surface area (Å²) >= 11 is 0. The van der Waals surface area contributed by atoms with E-state index in [1.807, 2.05) is 36.2 Å². The minimum absolute atomic E-state index is 0.0166. The van der Waals surface area contributed by atoms with E-state index in [4.69, 9.17) is 4.74 Å². The number of fused-ring (bicyclic) bond motifs is 3. The van der Waals surface area contributed by atoms with Gasteiger partial charge in [0.15, 0.2) is 6.61 Å². The van der Waals surface area contributed by atoms with Gasteiger partial charge >= 0.3 is 0 Å². The molecule has 2 aromatic carbocycles. The molecule has 5 rings (SSSR count). The maximum Gasteiger partial charge on any atom is 0.260 e. The van der Waals surface area contributed by atoms with E-state index < -0.39 is 0 Å². The molecule has 3 heterocycles. The molecule has 2 amide bonds. The number of H-pyrrole nitrogens is 1. The van der Waals surface area contributed by atoms with Gasteiger partial charge in [-0.15, -0.1) is 0 Å². The van der Waals surface area contributed by atoms with Crippen LogP contribution < -0.4 is 4.74 Å². The van der Waals surface area contributed by atoms with Crippen LogP contribution in [0.15, 0.2) is 54.6 Å². The molecule has 0 bridgehead atoms. The molecule has 2 aliphatic rings. The van der Waals surface area contributed by atoms with Crippen LogP contribution in [0, 0.1) is 0 Å². The number of likely N-dealkylation sites (N-methyl/N-ethyl adjacent to an activating group) is 1. The summed E-state index contributed by atoms with van der Waals surface area (Å²) in [7, 11) is 1.82. The molecule has 170 valence electrons. The zero-order valence-electron chi connectivity index (χ0n) is 18.6. The number of nitrogens with zero attached hydrogens (tertiary/aromatic N) is 4. The van der Waals surface area contributed by atoms with Crippen molar-refractivity contribution in [3.8, 4) is 5.75 Å². The van der Waals surface area contributed by atoms with E-state index in [9.17, 15) is 9.59 Å². The highest BCUT2D eigenvalue weighted by Gasteiger charge is 2.38. The molecule has 1 N–H and O–H groups in total. The van der Waals surface area contributed by atoms with Gasteiger partial charge < -0.3 is 14.5 Å². The van der Waals surface area contributed by atoms with Gasteiger partial charge in [-0.2, -0.15) is 15.4 Å². The lowest BCUT2D eigenvalue weighted by Crippen LogP contribution is -2.57. The number of hydrogen-bond donors (Lipinski definition) is 1. The van der Waals surface area contributed by atoms with Crippen LogP contribution in [0.2, 0.25) is 0 Å². The topological polar surface area (TPSA) is 91.4 Å². The molecule has 33 heavy (non-hydrogen) atoms. The average molecular weight is 446 g/mol. The highest BCUT2D eigenvalue weighted by Crippen LogP contribution is 2.28. The Morgan fingerprint density at radius 1 is 1.09 bits per heavy atom. The molecular formula is C25H27N5O3. The van der Waals surface area contributed by atoms with E-state index in [-0.39, 0.29) is 30.5 Å². The number of carbonyl (C=O) groups is 2. The molecule has 8 heteroatoms. The van der Waals surface area contributed by atoms with E-state index in [1.54, 1.807) is 23.1 Å². The second kappa shape index (κ2) is 9.05. The van der Waals surface area contributed by atoms with Gasteiger partial charge in [-0.25, -0.2) is 0 Å². The predicted molar refractivity (Wildman–Crippen MR) is 124 cm³/mol. The van der Waals surface area contributed by atoms with Gasteiger partial charge in [0.05, 0.1) is 12.1 Å². The number of para-hydroxylation sites is 1. The summed E-state index contributed by atoms with van der Waals surface area (Å²) in [5, 5.41) is 10.8. The fraction of sp³-hybridized carbons (Fsp3) is 0.360. The fourth-order valence-electron chi connectivity index (χ4n) is 4.85. The second-order valence-corrected chi connectivity index (χ2v) is 8.61. The first-order valence-electron chi connectivity index (χ1n) is 11.3. The van der Waals surface area contributed by atoms with E-state index in [0.29, 0.717) is 30.5 Å². The van der Waals surface area contributed by atoms with Crippen LogP contribution in [-0.2, 0) is 11.2 Å². The number of piperidine rings is 1. The molecule has 1 saturated heterocycles. The van der Waals surface area contributed by atoms with Crippen molar-refractivity contribution < 1.29 is 14.3 Å². The number of amides is 2. The third-order valence-electron chi connectivity index (χ3n) is 6.66. The average Bonchev–Trinajstić information content (AvgIpc) is 3.32. The summed E-state index contributed by atoms with van der Waals surface area (Å²) in [6, 6.07) is 13.0. The van der Waals surface area contributed by atoms with Gasteiger partial charge in [-0.05, 0) is 55.5 Å². The number of benzene rings is 2. The van der Waals surface area contributed by atoms with Gasteiger partial charge in [-0.3, -0.25) is 9.59 Å². The summed E-state index contributed by atoms with van der Waals surface area (Å²) in [5.74, 6) is 0.616. The second-order valence-electron chi connectivity index (χ2n) is 8.61. The normalized spacial score (nSPS) is 22.5. The van der Waals surface area contributed by atoms with Crippen molar-refractivity contribution in [2.45, 2.75) is 37.8 Å². The van der Waals surface area contributed by atoms with Crippen molar-refractivity contribution in [1.29, 1.82) is 0 Å². The number of allylic oxidation sites excluding steroid dienone is 1. The van der Waals surface area contributed by atoms with Crippen molar-refractivity contribution in [2.75, 3.05) is 20.2 Å². The smallest absolute Gasteiger partial charge is 0.260 e. The van der Waals surface area contributed by atoms with Crippen molar-refractivity contribution in [1.82, 2.24) is 25.2 Å². The Kier molecular flexibility index (Phi) is 5.81. The molecule has 1 aromatic heterocycles. The van der Waals surface area contributed by atoms with Crippen molar-refractivity contribution >= 4 is 22.8 Å². The maximum atomic E-state index is 13.6. The Labute approximate surface area is 192 Å². The largest absolute Gasteiger partial charge is 0.483 e. The highest BCUT2D eigenvalue weighted by molar-refractivity contribution is 5.97. The molecule has 0 aliphatic carbocycles. The quantitative estimate of drug-likeness (QED) is 0.582.